The summed E-state index contributed by atoms with van der Waals surface area (Å²) in [7, 11) is 0. The number of aromatic amines is 1. The summed E-state index contributed by atoms with van der Waals surface area (Å²) in [4.78, 5) is 15.4. The van der Waals surface area contributed by atoms with Crippen molar-refractivity contribution in [2.75, 3.05) is 6.26 Å². The number of halogens is 3. The van der Waals surface area contributed by atoms with Gasteiger partial charge >= 0.3 is 11.3 Å². The minimum atomic E-state index is -4.41. The highest BCUT2D eigenvalue weighted by atomic mass is 32.2. The number of aromatic nitrogens is 4. The fourth-order valence-corrected chi connectivity index (χ4v) is 3.16. The summed E-state index contributed by atoms with van der Waals surface area (Å²) in [5.41, 5.74) is 2.41. The van der Waals surface area contributed by atoms with Gasteiger partial charge in [0.05, 0.1) is 16.6 Å². The van der Waals surface area contributed by atoms with Gasteiger partial charge in [-0.3, -0.25) is 0 Å². The molecule has 0 saturated heterocycles. The van der Waals surface area contributed by atoms with E-state index < -0.39 is 22.9 Å². The topological polar surface area (TPSA) is 77.5 Å². The maximum atomic E-state index is 12.9. The smallest absolute Gasteiger partial charge is 0.416 e. The third-order valence-corrected chi connectivity index (χ3v) is 4.91. The number of nitrogens with one attached hydrogen (secondary N) is 1. The first kappa shape index (κ1) is 18.5. The molecule has 0 fully saturated rings. The zero-order valence-electron chi connectivity index (χ0n) is 14.5. The predicted octanol–water partition coefficient (Wildman–Crippen LogP) is 4.44. The van der Waals surface area contributed by atoms with Crippen LogP contribution in [0.1, 0.15) is 5.56 Å². The molecule has 1 unspecified atom stereocenters. The van der Waals surface area contributed by atoms with E-state index in [0.717, 1.165) is 28.8 Å². The molecular formula is C19H13F3N4OS. The van der Waals surface area contributed by atoms with Crippen molar-refractivity contribution in [3.63, 3.8) is 0 Å². The van der Waals surface area contributed by atoms with Crippen LogP contribution in [-0.2, 0) is 17.4 Å². The summed E-state index contributed by atoms with van der Waals surface area (Å²) in [6, 6.07) is 10.7. The summed E-state index contributed by atoms with van der Waals surface area (Å²) in [5.74, 6) is 0.480. The maximum Gasteiger partial charge on any atom is 0.416 e. The molecular weight excluding hydrogens is 389 g/mol. The Kier molecular flexibility index (Phi) is 4.56. The maximum absolute atomic E-state index is 12.9. The van der Waals surface area contributed by atoms with Gasteiger partial charge in [0.1, 0.15) is 12.1 Å². The van der Waals surface area contributed by atoms with Gasteiger partial charge in [0.2, 0.25) is 0 Å². The molecule has 0 amide bonds. The number of H-pyrrole nitrogens is 1. The normalized spacial score (nSPS) is 13.0. The van der Waals surface area contributed by atoms with Crippen molar-refractivity contribution in [2.24, 2.45) is 0 Å². The van der Waals surface area contributed by atoms with Gasteiger partial charge in [-0.1, -0.05) is 24.3 Å². The van der Waals surface area contributed by atoms with Gasteiger partial charge in [0, 0.05) is 34.7 Å². The molecule has 28 heavy (non-hydrogen) atoms. The van der Waals surface area contributed by atoms with Crippen LogP contribution in [-0.4, -0.2) is 30.7 Å². The first-order valence-electron chi connectivity index (χ1n) is 8.14. The van der Waals surface area contributed by atoms with E-state index in [4.69, 9.17) is 0 Å². The third kappa shape index (κ3) is 3.58. The number of alkyl halides is 3. The molecule has 0 bridgehead atoms. The molecule has 9 heteroatoms. The second kappa shape index (κ2) is 6.92. The van der Waals surface area contributed by atoms with Gasteiger partial charge < -0.3 is 9.54 Å². The number of benzene rings is 2. The summed E-state index contributed by atoms with van der Waals surface area (Å²) in [6.07, 6.45) is 0.295. The van der Waals surface area contributed by atoms with E-state index in [2.05, 4.69) is 19.9 Å². The molecule has 2 heterocycles. The third-order valence-electron chi connectivity index (χ3n) is 4.19. The lowest BCUT2D eigenvalue weighted by atomic mass is 10.1. The van der Waals surface area contributed by atoms with E-state index in [0.29, 0.717) is 11.3 Å². The van der Waals surface area contributed by atoms with Crippen molar-refractivity contribution in [2.45, 2.75) is 11.3 Å². The molecule has 0 spiro atoms. The number of nitrogens with zero attached hydrogens (tertiary/aromatic N) is 3. The van der Waals surface area contributed by atoms with E-state index in [1.54, 1.807) is 12.4 Å². The van der Waals surface area contributed by atoms with Crippen molar-refractivity contribution in [3.8, 4) is 22.5 Å². The minimum Gasteiger partial charge on any atom is -0.609 e. The molecule has 0 aliphatic carbocycles. The molecule has 5 nitrogen and oxygen atoms in total. The summed E-state index contributed by atoms with van der Waals surface area (Å²) < 4.78 is 49.9. The molecule has 0 aliphatic rings. The van der Waals surface area contributed by atoms with Gasteiger partial charge in [0.15, 0.2) is 0 Å². The van der Waals surface area contributed by atoms with Gasteiger partial charge in [-0.15, -0.1) is 0 Å². The number of rotatable bonds is 3. The van der Waals surface area contributed by atoms with Crippen LogP contribution in [0.25, 0.3) is 33.5 Å². The van der Waals surface area contributed by atoms with Crippen LogP contribution in [0, 0.1) is 0 Å². The van der Waals surface area contributed by atoms with E-state index in [1.165, 1.54) is 12.3 Å². The van der Waals surface area contributed by atoms with Gasteiger partial charge in [-0.05, 0) is 23.8 Å². The lowest BCUT2D eigenvalue weighted by Crippen LogP contribution is -2.04. The lowest BCUT2D eigenvalue weighted by molar-refractivity contribution is -0.137. The molecule has 1 atom stereocenters. The first-order chi connectivity index (χ1) is 13.3. The summed E-state index contributed by atoms with van der Waals surface area (Å²) in [6.45, 7) is 0. The van der Waals surface area contributed by atoms with Crippen LogP contribution in [0.4, 0.5) is 13.2 Å². The van der Waals surface area contributed by atoms with Gasteiger partial charge in [0.25, 0.3) is 0 Å². The average Bonchev–Trinajstić information content (AvgIpc) is 3.11. The molecule has 0 aliphatic heterocycles. The molecule has 4 rings (SSSR count). The van der Waals surface area contributed by atoms with Crippen molar-refractivity contribution in [1.29, 1.82) is 0 Å². The lowest BCUT2D eigenvalue weighted by Gasteiger charge is -2.04. The molecule has 2 aromatic carbocycles. The SMILES string of the molecule is C[S+]([O-])c1ncc(-c2ccc(-c3nc4cc(C(F)(F)F)ccc4[nH]3)cc2)cn1. The average molecular weight is 402 g/mol. The van der Waals surface area contributed by atoms with Crippen LogP contribution >= 0.6 is 0 Å². The van der Waals surface area contributed by atoms with Crippen LogP contribution < -0.4 is 0 Å². The highest BCUT2D eigenvalue weighted by Gasteiger charge is 2.30. The minimum absolute atomic E-state index is 0.255. The molecule has 0 radical (unpaired) electrons. The van der Waals surface area contributed by atoms with Crippen molar-refractivity contribution >= 4 is 22.2 Å². The highest BCUT2D eigenvalue weighted by molar-refractivity contribution is 7.90. The van der Waals surface area contributed by atoms with Gasteiger partial charge in [-0.2, -0.15) is 23.1 Å². The number of hydrogen-bond acceptors (Lipinski definition) is 4. The van der Waals surface area contributed by atoms with E-state index >= 15 is 0 Å². The molecule has 2 aromatic heterocycles. The second-order valence-electron chi connectivity index (χ2n) is 6.10. The molecule has 0 saturated carbocycles. The Balaban J connectivity index is 1.63. The Morgan fingerprint density at radius 2 is 1.57 bits per heavy atom. The fraction of sp³-hybridized carbons (Fsp3) is 0.105. The highest BCUT2D eigenvalue weighted by Crippen LogP contribution is 2.32. The zero-order valence-corrected chi connectivity index (χ0v) is 15.3. The standard InChI is InChI=1S/C19H13F3N4OS/c1-28(27)18-23-9-13(10-24-18)11-2-4-12(5-3-11)17-25-15-7-6-14(19(20,21)22)8-16(15)26-17/h2-10H,1H3,(H,25,26). The second-order valence-corrected chi connectivity index (χ2v) is 7.37. The fourth-order valence-electron chi connectivity index (χ4n) is 2.75. The number of imidazole rings is 1. The Bertz CT molecular complexity index is 1120. The molecule has 142 valence electrons. The Labute approximate surface area is 160 Å². The Morgan fingerprint density at radius 3 is 2.18 bits per heavy atom. The van der Waals surface area contributed by atoms with Crippen molar-refractivity contribution < 1.29 is 17.7 Å². The van der Waals surface area contributed by atoms with Crippen LogP contribution in [0.3, 0.4) is 0 Å². The molecule has 1 N–H and O–H groups in total. The Morgan fingerprint density at radius 1 is 0.929 bits per heavy atom. The summed E-state index contributed by atoms with van der Waals surface area (Å²) >= 11 is -1.24. The summed E-state index contributed by atoms with van der Waals surface area (Å²) in [5, 5.41) is 0.265. The number of hydrogen-bond donors (Lipinski definition) is 1. The molecule has 4 aromatic rings. The Hall–Kier alpha value is -2.91. The zero-order chi connectivity index (χ0) is 19.9. The van der Waals surface area contributed by atoms with Crippen LogP contribution in [0.2, 0.25) is 0 Å². The monoisotopic (exact) mass is 402 g/mol. The van der Waals surface area contributed by atoms with Crippen molar-refractivity contribution in [1.82, 2.24) is 19.9 Å². The van der Waals surface area contributed by atoms with Crippen LogP contribution in [0.15, 0.2) is 60.0 Å². The van der Waals surface area contributed by atoms with Crippen LogP contribution in [0.5, 0.6) is 0 Å². The van der Waals surface area contributed by atoms with Crippen molar-refractivity contribution in [3.05, 3.63) is 60.4 Å². The van der Waals surface area contributed by atoms with E-state index in [-0.39, 0.29) is 10.7 Å². The largest absolute Gasteiger partial charge is 0.609 e. The predicted molar refractivity (Wildman–Crippen MR) is 99.9 cm³/mol. The van der Waals surface area contributed by atoms with Gasteiger partial charge in [-0.25, -0.2) is 4.98 Å². The van der Waals surface area contributed by atoms with E-state index in [9.17, 15) is 17.7 Å². The van der Waals surface area contributed by atoms with E-state index in [1.807, 2.05) is 24.3 Å². The quantitative estimate of drug-likeness (QED) is 0.406. The number of fused-ring (bicyclic) bond motifs is 1. The first-order valence-corrected chi connectivity index (χ1v) is 9.70.